The number of rotatable bonds is 4. The first-order valence-corrected chi connectivity index (χ1v) is 7.63. The van der Waals surface area contributed by atoms with E-state index in [1.807, 2.05) is 19.1 Å². The lowest BCUT2D eigenvalue weighted by Gasteiger charge is -2.33. The van der Waals surface area contributed by atoms with Crippen LogP contribution in [0.5, 0.6) is 5.75 Å². The van der Waals surface area contributed by atoms with Gasteiger partial charge in [0.2, 0.25) is 0 Å². The molecule has 1 fully saturated rings. The summed E-state index contributed by atoms with van der Waals surface area (Å²) in [7, 11) is 2.20. The second-order valence-electron chi connectivity index (χ2n) is 5.49. The number of hydrogen-bond acceptors (Lipinski definition) is 4. The number of hydrogen-bond donors (Lipinski definition) is 1. The van der Waals surface area contributed by atoms with E-state index in [0.29, 0.717) is 12.6 Å². The zero-order valence-corrected chi connectivity index (χ0v) is 12.9. The zero-order chi connectivity index (χ0) is 14.5. The highest BCUT2D eigenvalue weighted by Gasteiger charge is 2.24. The van der Waals surface area contributed by atoms with Crippen LogP contribution in [0.3, 0.4) is 0 Å². The second-order valence-corrected chi connectivity index (χ2v) is 5.49. The van der Waals surface area contributed by atoms with Crippen molar-refractivity contribution in [2.75, 3.05) is 43.9 Å². The van der Waals surface area contributed by atoms with E-state index in [2.05, 4.69) is 29.8 Å². The molecule has 1 saturated heterocycles. The molecule has 1 unspecified atom stereocenters. The molecule has 0 aliphatic carbocycles. The van der Waals surface area contributed by atoms with E-state index in [4.69, 9.17) is 10.5 Å². The normalized spacial score (nSPS) is 20.8. The van der Waals surface area contributed by atoms with Crippen molar-refractivity contribution in [1.29, 1.82) is 0 Å². The summed E-state index contributed by atoms with van der Waals surface area (Å²) in [5, 5.41) is 0. The number of likely N-dealkylation sites (N-methyl/N-ethyl adjacent to an activating group) is 1. The molecule has 1 aromatic rings. The number of anilines is 2. The predicted octanol–water partition coefficient (Wildman–Crippen LogP) is 2.59. The Kier molecular flexibility index (Phi) is 5.12. The summed E-state index contributed by atoms with van der Waals surface area (Å²) in [6.07, 6.45) is 2.30. The Balaban J connectivity index is 2.30. The van der Waals surface area contributed by atoms with E-state index in [9.17, 15) is 0 Å². The Morgan fingerprint density at radius 3 is 2.80 bits per heavy atom. The number of nitrogen functional groups attached to an aromatic ring is 1. The summed E-state index contributed by atoms with van der Waals surface area (Å²) in [6, 6.07) is 6.62. The Morgan fingerprint density at radius 1 is 1.30 bits per heavy atom. The van der Waals surface area contributed by atoms with Crippen LogP contribution in [0.25, 0.3) is 0 Å². The van der Waals surface area contributed by atoms with E-state index >= 15 is 0 Å². The molecule has 112 valence electrons. The molecule has 4 nitrogen and oxygen atoms in total. The maximum absolute atomic E-state index is 6.32. The minimum absolute atomic E-state index is 0.515. The smallest absolute Gasteiger partial charge is 0.144 e. The van der Waals surface area contributed by atoms with Gasteiger partial charge >= 0.3 is 0 Å². The van der Waals surface area contributed by atoms with Crippen LogP contribution >= 0.6 is 0 Å². The number of para-hydroxylation sites is 1. The molecule has 1 aliphatic rings. The van der Waals surface area contributed by atoms with Gasteiger partial charge in [0, 0.05) is 19.1 Å². The first-order chi connectivity index (χ1) is 9.67. The van der Waals surface area contributed by atoms with Crippen LogP contribution < -0.4 is 15.4 Å². The van der Waals surface area contributed by atoms with Gasteiger partial charge < -0.3 is 20.3 Å². The van der Waals surface area contributed by atoms with E-state index in [1.54, 1.807) is 0 Å². The average molecular weight is 277 g/mol. The largest absolute Gasteiger partial charge is 0.492 e. The lowest BCUT2D eigenvalue weighted by molar-refractivity contribution is 0.327. The quantitative estimate of drug-likeness (QED) is 0.859. The Hall–Kier alpha value is -1.42. The third-order valence-corrected chi connectivity index (χ3v) is 4.03. The SMILES string of the molecule is CCOc1cccc(N2CCCN(C)CC2CC)c1N. The third kappa shape index (κ3) is 3.18. The van der Waals surface area contributed by atoms with Gasteiger partial charge in [0.15, 0.2) is 0 Å². The molecular weight excluding hydrogens is 250 g/mol. The summed E-state index contributed by atoms with van der Waals surface area (Å²) in [4.78, 5) is 4.87. The van der Waals surface area contributed by atoms with Crippen LogP contribution in [-0.2, 0) is 0 Å². The molecule has 2 N–H and O–H groups in total. The Bertz CT molecular complexity index is 436. The molecule has 0 saturated carbocycles. The molecule has 0 spiro atoms. The van der Waals surface area contributed by atoms with Gasteiger partial charge in [0.1, 0.15) is 5.75 Å². The second kappa shape index (κ2) is 6.84. The lowest BCUT2D eigenvalue weighted by atomic mass is 10.1. The molecule has 1 aliphatic heterocycles. The lowest BCUT2D eigenvalue weighted by Crippen LogP contribution is -2.40. The maximum atomic E-state index is 6.32. The number of benzene rings is 1. The molecule has 0 radical (unpaired) electrons. The molecule has 1 atom stereocenters. The van der Waals surface area contributed by atoms with Crippen molar-refractivity contribution in [2.24, 2.45) is 0 Å². The van der Waals surface area contributed by atoms with Crippen molar-refractivity contribution in [2.45, 2.75) is 32.7 Å². The Labute approximate surface area is 122 Å². The highest BCUT2D eigenvalue weighted by atomic mass is 16.5. The topological polar surface area (TPSA) is 41.7 Å². The molecule has 4 heteroatoms. The van der Waals surface area contributed by atoms with Crippen molar-refractivity contribution in [3.05, 3.63) is 18.2 Å². The molecule has 0 amide bonds. The summed E-state index contributed by atoms with van der Waals surface area (Å²) in [5.74, 6) is 0.803. The molecule has 20 heavy (non-hydrogen) atoms. The van der Waals surface area contributed by atoms with Crippen LogP contribution in [0, 0.1) is 0 Å². The average Bonchev–Trinajstić information content (AvgIpc) is 2.63. The number of nitrogens with two attached hydrogens (primary N) is 1. The molecule has 1 heterocycles. The molecule has 1 aromatic carbocycles. The van der Waals surface area contributed by atoms with Crippen LogP contribution in [0.1, 0.15) is 26.7 Å². The van der Waals surface area contributed by atoms with Crippen molar-refractivity contribution < 1.29 is 4.74 Å². The van der Waals surface area contributed by atoms with Gasteiger partial charge in [-0.2, -0.15) is 0 Å². The maximum Gasteiger partial charge on any atom is 0.144 e. The monoisotopic (exact) mass is 277 g/mol. The highest BCUT2D eigenvalue weighted by molar-refractivity contribution is 5.74. The summed E-state index contributed by atoms with van der Waals surface area (Å²) in [6.45, 7) is 8.18. The summed E-state index contributed by atoms with van der Waals surface area (Å²) >= 11 is 0. The van der Waals surface area contributed by atoms with Gasteiger partial charge in [0.25, 0.3) is 0 Å². The minimum atomic E-state index is 0.515. The fraction of sp³-hybridized carbons (Fsp3) is 0.625. The fourth-order valence-corrected chi connectivity index (χ4v) is 2.97. The highest BCUT2D eigenvalue weighted by Crippen LogP contribution is 2.34. The van der Waals surface area contributed by atoms with Crippen LogP contribution in [0.2, 0.25) is 0 Å². The molecular formula is C16H27N3O. The van der Waals surface area contributed by atoms with Gasteiger partial charge in [-0.1, -0.05) is 13.0 Å². The first-order valence-electron chi connectivity index (χ1n) is 7.63. The van der Waals surface area contributed by atoms with Gasteiger partial charge in [-0.3, -0.25) is 0 Å². The summed E-state index contributed by atoms with van der Waals surface area (Å²) in [5.41, 5.74) is 8.22. The predicted molar refractivity (Wildman–Crippen MR) is 85.6 cm³/mol. The Morgan fingerprint density at radius 2 is 2.10 bits per heavy atom. The standard InChI is InChI=1S/C16H27N3O/c1-4-13-12-18(3)10-7-11-19(13)14-8-6-9-15(16(14)17)20-5-2/h6,8-9,13H,4-5,7,10-12,17H2,1-3H3. The summed E-state index contributed by atoms with van der Waals surface area (Å²) < 4.78 is 5.63. The van der Waals surface area contributed by atoms with E-state index < -0.39 is 0 Å². The first kappa shape index (κ1) is 15.0. The van der Waals surface area contributed by atoms with Gasteiger partial charge in [-0.15, -0.1) is 0 Å². The zero-order valence-electron chi connectivity index (χ0n) is 12.9. The third-order valence-electron chi connectivity index (χ3n) is 4.03. The van der Waals surface area contributed by atoms with Crippen LogP contribution in [0.4, 0.5) is 11.4 Å². The van der Waals surface area contributed by atoms with Crippen molar-refractivity contribution in [3.8, 4) is 5.75 Å². The van der Waals surface area contributed by atoms with Crippen LogP contribution in [-0.4, -0.2) is 44.2 Å². The van der Waals surface area contributed by atoms with Gasteiger partial charge in [-0.05, 0) is 45.5 Å². The van der Waals surface area contributed by atoms with E-state index in [-0.39, 0.29) is 0 Å². The fourth-order valence-electron chi connectivity index (χ4n) is 2.97. The van der Waals surface area contributed by atoms with E-state index in [0.717, 1.165) is 43.2 Å². The van der Waals surface area contributed by atoms with Gasteiger partial charge in [0.05, 0.1) is 18.0 Å². The van der Waals surface area contributed by atoms with Crippen molar-refractivity contribution >= 4 is 11.4 Å². The van der Waals surface area contributed by atoms with Crippen LogP contribution in [0.15, 0.2) is 18.2 Å². The van der Waals surface area contributed by atoms with Gasteiger partial charge in [-0.25, -0.2) is 0 Å². The van der Waals surface area contributed by atoms with Crippen molar-refractivity contribution in [3.63, 3.8) is 0 Å². The number of ether oxygens (including phenoxy) is 1. The molecule has 0 bridgehead atoms. The van der Waals surface area contributed by atoms with E-state index in [1.165, 1.54) is 6.42 Å². The van der Waals surface area contributed by atoms with Crippen molar-refractivity contribution in [1.82, 2.24) is 4.90 Å². The minimum Gasteiger partial charge on any atom is -0.492 e. The molecule has 2 rings (SSSR count). The number of nitrogens with zero attached hydrogens (tertiary/aromatic N) is 2. The molecule has 0 aromatic heterocycles.